The summed E-state index contributed by atoms with van der Waals surface area (Å²) in [6.07, 6.45) is -2.10. The van der Waals surface area contributed by atoms with E-state index in [-0.39, 0.29) is 16.8 Å². The molecule has 0 saturated heterocycles. The van der Waals surface area contributed by atoms with Crippen molar-refractivity contribution in [2.75, 3.05) is 5.73 Å². The van der Waals surface area contributed by atoms with Gasteiger partial charge in [0.25, 0.3) is 0 Å². The van der Waals surface area contributed by atoms with E-state index in [4.69, 9.17) is 10.2 Å². The molecule has 0 aliphatic heterocycles. The van der Waals surface area contributed by atoms with Crippen LogP contribution >= 0.6 is 0 Å². The van der Waals surface area contributed by atoms with Crippen LogP contribution in [0.15, 0.2) is 41.2 Å². The Morgan fingerprint density at radius 3 is 2.50 bits per heavy atom. The van der Waals surface area contributed by atoms with Crippen molar-refractivity contribution in [2.24, 2.45) is 0 Å². The summed E-state index contributed by atoms with van der Waals surface area (Å²) in [7, 11) is 0. The summed E-state index contributed by atoms with van der Waals surface area (Å²) in [5.74, 6) is -0.604. The van der Waals surface area contributed by atoms with E-state index in [2.05, 4.69) is 0 Å². The van der Waals surface area contributed by atoms with Crippen LogP contribution in [0.4, 0.5) is 18.9 Å². The van der Waals surface area contributed by atoms with E-state index in [1.54, 1.807) is 0 Å². The Morgan fingerprint density at radius 2 is 1.94 bits per heavy atom. The summed E-state index contributed by atoms with van der Waals surface area (Å²) in [5.41, 5.74) is 4.57. The lowest BCUT2D eigenvalue weighted by Gasteiger charge is -2.09. The van der Waals surface area contributed by atoms with Crippen molar-refractivity contribution in [3.05, 3.63) is 53.5 Å². The van der Waals surface area contributed by atoms with Gasteiger partial charge in [0.15, 0.2) is 5.78 Å². The van der Waals surface area contributed by atoms with Crippen molar-refractivity contribution < 1.29 is 22.4 Å². The van der Waals surface area contributed by atoms with Crippen molar-refractivity contribution >= 4 is 11.5 Å². The number of halogens is 3. The number of ketones is 1. The van der Waals surface area contributed by atoms with Crippen LogP contribution < -0.4 is 5.73 Å². The van der Waals surface area contributed by atoms with Gasteiger partial charge in [-0.1, -0.05) is 0 Å². The third-order valence-corrected chi connectivity index (χ3v) is 2.41. The van der Waals surface area contributed by atoms with Gasteiger partial charge in [0.05, 0.1) is 17.4 Å². The van der Waals surface area contributed by atoms with Crippen LogP contribution in [0.2, 0.25) is 0 Å². The highest BCUT2D eigenvalue weighted by Crippen LogP contribution is 2.31. The molecular weight excluding hydrogens is 247 g/mol. The molecule has 1 aromatic carbocycles. The van der Waals surface area contributed by atoms with Crippen LogP contribution in [0, 0.1) is 0 Å². The summed E-state index contributed by atoms with van der Waals surface area (Å²) in [6, 6.07) is 4.00. The topological polar surface area (TPSA) is 56.2 Å². The van der Waals surface area contributed by atoms with Gasteiger partial charge in [-0.3, -0.25) is 4.79 Å². The van der Waals surface area contributed by atoms with Gasteiger partial charge >= 0.3 is 6.18 Å². The Balaban J connectivity index is 2.48. The average Bonchev–Trinajstić information content (AvgIpc) is 2.80. The molecule has 0 amide bonds. The van der Waals surface area contributed by atoms with E-state index in [0.717, 1.165) is 24.5 Å². The molecular formula is C12H8F3NO2. The van der Waals surface area contributed by atoms with Crippen LogP contribution in [0.25, 0.3) is 0 Å². The van der Waals surface area contributed by atoms with E-state index in [9.17, 15) is 18.0 Å². The summed E-state index contributed by atoms with van der Waals surface area (Å²) < 4.78 is 42.3. The molecule has 0 saturated carbocycles. The zero-order chi connectivity index (χ0) is 13.3. The van der Waals surface area contributed by atoms with Crippen LogP contribution in [0.5, 0.6) is 0 Å². The molecule has 1 heterocycles. The zero-order valence-electron chi connectivity index (χ0n) is 8.99. The molecule has 3 nitrogen and oxygen atoms in total. The van der Waals surface area contributed by atoms with Crippen LogP contribution in [0.1, 0.15) is 21.5 Å². The first-order valence-electron chi connectivity index (χ1n) is 4.93. The average molecular weight is 255 g/mol. The fourth-order valence-electron chi connectivity index (χ4n) is 1.48. The number of benzene rings is 1. The SMILES string of the molecule is Nc1ccc(C(F)(F)F)cc1C(=O)c1ccoc1. The molecule has 2 aromatic rings. The van der Waals surface area contributed by atoms with Crippen molar-refractivity contribution in [3.8, 4) is 0 Å². The molecule has 0 bridgehead atoms. The normalized spacial score (nSPS) is 11.5. The lowest BCUT2D eigenvalue weighted by molar-refractivity contribution is -0.137. The maximum atomic E-state index is 12.5. The molecule has 0 spiro atoms. The molecule has 0 aliphatic carbocycles. The van der Waals surface area contributed by atoms with E-state index in [0.29, 0.717) is 0 Å². The maximum absolute atomic E-state index is 12.5. The second-order valence-electron chi connectivity index (χ2n) is 3.64. The van der Waals surface area contributed by atoms with Gasteiger partial charge in [0.1, 0.15) is 6.26 Å². The summed E-state index contributed by atoms with van der Waals surface area (Å²) >= 11 is 0. The smallest absolute Gasteiger partial charge is 0.416 e. The summed E-state index contributed by atoms with van der Waals surface area (Å²) in [6.45, 7) is 0. The van der Waals surface area contributed by atoms with Crippen molar-refractivity contribution in [3.63, 3.8) is 0 Å². The van der Waals surface area contributed by atoms with Gasteiger partial charge in [0, 0.05) is 11.3 Å². The Hall–Kier alpha value is -2.24. The molecule has 18 heavy (non-hydrogen) atoms. The maximum Gasteiger partial charge on any atom is 0.416 e. The van der Waals surface area contributed by atoms with E-state index >= 15 is 0 Å². The Bertz CT molecular complexity index is 574. The third-order valence-electron chi connectivity index (χ3n) is 2.41. The molecule has 6 heteroatoms. The van der Waals surface area contributed by atoms with Crippen molar-refractivity contribution in [1.82, 2.24) is 0 Å². The minimum atomic E-state index is -4.51. The fourth-order valence-corrected chi connectivity index (χ4v) is 1.48. The van der Waals surface area contributed by atoms with Gasteiger partial charge in [-0.25, -0.2) is 0 Å². The molecule has 1 aromatic heterocycles. The lowest BCUT2D eigenvalue weighted by atomic mass is 10.0. The van der Waals surface area contributed by atoms with Crippen LogP contribution in [0.3, 0.4) is 0 Å². The van der Waals surface area contributed by atoms with Gasteiger partial charge in [-0.2, -0.15) is 13.2 Å². The number of nitrogen functional groups attached to an aromatic ring is 1. The van der Waals surface area contributed by atoms with Crippen molar-refractivity contribution in [1.29, 1.82) is 0 Å². The second-order valence-corrected chi connectivity index (χ2v) is 3.64. The molecule has 0 unspecified atom stereocenters. The van der Waals surface area contributed by atoms with Gasteiger partial charge in [-0.05, 0) is 24.3 Å². The predicted molar refractivity (Wildman–Crippen MR) is 58.0 cm³/mol. The quantitative estimate of drug-likeness (QED) is 0.662. The lowest BCUT2D eigenvalue weighted by Crippen LogP contribution is -2.10. The predicted octanol–water partition coefficient (Wildman–Crippen LogP) is 3.11. The fraction of sp³-hybridized carbons (Fsp3) is 0.0833. The molecule has 2 rings (SSSR count). The number of anilines is 1. The minimum absolute atomic E-state index is 0.00537. The molecule has 0 atom stereocenters. The molecule has 0 aliphatic rings. The Labute approximate surface area is 100 Å². The second kappa shape index (κ2) is 4.21. The van der Waals surface area contributed by atoms with E-state index in [1.807, 2.05) is 0 Å². The van der Waals surface area contributed by atoms with Crippen LogP contribution in [-0.4, -0.2) is 5.78 Å². The monoisotopic (exact) mass is 255 g/mol. The largest absolute Gasteiger partial charge is 0.472 e. The number of rotatable bonds is 2. The number of hydrogen-bond acceptors (Lipinski definition) is 3. The first-order chi connectivity index (χ1) is 8.39. The first-order valence-corrected chi connectivity index (χ1v) is 4.93. The number of carbonyl (C=O) groups excluding carboxylic acids is 1. The Kier molecular flexibility index (Phi) is 2.86. The molecule has 0 radical (unpaired) electrons. The summed E-state index contributed by atoms with van der Waals surface area (Å²) in [5, 5.41) is 0. The highest BCUT2D eigenvalue weighted by atomic mass is 19.4. The molecule has 0 fully saturated rings. The molecule has 94 valence electrons. The van der Waals surface area contributed by atoms with E-state index in [1.165, 1.54) is 12.3 Å². The minimum Gasteiger partial charge on any atom is -0.472 e. The van der Waals surface area contributed by atoms with Crippen LogP contribution in [-0.2, 0) is 6.18 Å². The highest BCUT2D eigenvalue weighted by Gasteiger charge is 2.31. The number of nitrogens with two attached hydrogens (primary N) is 1. The van der Waals surface area contributed by atoms with E-state index < -0.39 is 17.5 Å². The standard InChI is InChI=1S/C12H8F3NO2/c13-12(14,15)8-1-2-10(16)9(5-8)11(17)7-3-4-18-6-7/h1-6H,16H2. The number of alkyl halides is 3. The number of carbonyl (C=O) groups is 1. The van der Waals surface area contributed by atoms with Gasteiger partial charge in [0.2, 0.25) is 0 Å². The number of hydrogen-bond donors (Lipinski definition) is 1. The molecule has 2 N–H and O–H groups in total. The summed E-state index contributed by atoms with van der Waals surface area (Å²) in [4.78, 5) is 11.9. The Morgan fingerprint density at radius 1 is 1.22 bits per heavy atom. The van der Waals surface area contributed by atoms with Crippen molar-refractivity contribution in [2.45, 2.75) is 6.18 Å². The first kappa shape index (κ1) is 12.2. The zero-order valence-corrected chi connectivity index (χ0v) is 8.99. The van der Waals surface area contributed by atoms with Gasteiger partial charge in [-0.15, -0.1) is 0 Å². The van der Waals surface area contributed by atoms with Gasteiger partial charge < -0.3 is 10.2 Å². The third kappa shape index (κ3) is 2.22. The number of furan rings is 1. The highest BCUT2D eigenvalue weighted by molar-refractivity contribution is 6.11.